The van der Waals surface area contributed by atoms with Crippen LogP contribution in [0.4, 0.5) is 14.5 Å². The van der Waals surface area contributed by atoms with Crippen LogP contribution in [0.1, 0.15) is 11.1 Å². The van der Waals surface area contributed by atoms with Gasteiger partial charge in [-0.1, -0.05) is 18.2 Å². The monoisotopic (exact) mass is 334 g/mol. The zero-order chi connectivity index (χ0) is 17.5. The third kappa shape index (κ3) is 4.48. The molecule has 8 heteroatoms. The molecule has 0 spiro atoms. The Labute approximate surface area is 137 Å². The van der Waals surface area contributed by atoms with Gasteiger partial charge >= 0.3 is 0 Å². The van der Waals surface area contributed by atoms with Gasteiger partial charge in [0.2, 0.25) is 0 Å². The third-order valence-electron chi connectivity index (χ3n) is 3.31. The number of benzene rings is 2. The van der Waals surface area contributed by atoms with Crippen molar-refractivity contribution >= 4 is 11.6 Å². The van der Waals surface area contributed by atoms with E-state index in [1.807, 2.05) is 0 Å². The highest BCUT2D eigenvalue weighted by Crippen LogP contribution is 2.17. The molecule has 0 bridgehead atoms. The van der Waals surface area contributed by atoms with Gasteiger partial charge in [0.25, 0.3) is 5.69 Å². The summed E-state index contributed by atoms with van der Waals surface area (Å²) >= 11 is 0. The summed E-state index contributed by atoms with van der Waals surface area (Å²) in [6, 6.07) is 9.51. The summed E-state index contributed by atoms with van der Waals surface area (Å²) in [5, 5.41) is 16.7. The molecule has 0 unspecified atom stereocenters. The molecule has 2 rings (SSSR count). The molecule has 0 heterocycles. The lowest BCUT2D eigenvalue weighted by atomic mass is 10.2. The molecule has 0 saturated carbocycles. The Balaban J connectivity index is 1.99. The summed E-state index contributed by atoms with van der Waals surface area (Å²) in [4.78, 5) is 14.5. The van der Waals surface area contributed by atoms with Crippen LogP contribution < -0.4 is 10.6 Å². The lowest BCUT2D eigenvalue weighted by Crippen LogP contribution is -2.36. The minimum atomic E-state index is -0.531. The van der Waals surface area contributed by atoms with Gasteiger partial charge in [-0.05, 0) is 18.2 Å². The Morgan fingerprint density at radius 2 is 1.79 bits per heavy atom. The van der Waals surface area contributed by atoms with Crippen molar-refractivity contribution in [2.24, 2.45) is 4.99 Å². The minimum Gasteiger partial charge on any atom is -0.352 e. The van der Waals surface area contributed by atoms with E-state index in [2.05, 4.69) is 15.6 Å². The van der Waals surface area contributed by atoms with Crippen molar-refractivity contribution < 1.29 is 13.7 Å². The quantitative estimate of drug-likeness (QED) is 0.381. The molecule has 0 aliphatic rings. The SMILES string of the molecule is CN=C(NCc1cc(F)ccc1F)NCc1ccccc1[N+](=O)[O-]. The number of nitro benzene ring substituents is 1. The number of aliphatic imine (C=N–C) groups is 1. The molecule has 126 valence electrons. The number of guanidine groups is 1. The second kappa shape index (κ2) is 8.00. The molecule has 0 radical (unpaired) electrons. The van der Waals surface area contributed by atoms with E-state index >= 15 is 0 Å². The van der Waals surface area contributed by atoms with E-state index in [1.165, 1.54) is 13.1 Å². The topological polar surface area (TPSA) is 79.6 Å². The first kappa shape index (κ1) is 17.3. The highest BCUT2D eigenvalue weighted by molar-refractivity contribution is 5.79. The van der Waals surface area contributed by atoms with E-state index in [4.69, 9.17) is 0 Å². The van der Waals surface area contributed by atoms with Crippen molar-refractivity contribution in [3.05, 3.63) is 75.3 Å². The Morgan fingerprint density at radius 3 is 2.46 bits per heavy atom. The summed E-state index contributed by atoms with van der Waals surface area (Å²) in [5.74, 6) is -0.745. The molecule has 0 aromatic heterocycles. The van der Waals surface area contributed by atoms with Gasteiger partial charge in [-0.2, -0.15) is 0 Å². The molecule has 0 aliphatic heterocycles. The first-order valence-corrected chi connectivity index (χ1v) is 7.12. The maximum Gasteiger partial charge on any atom is 0.274 e. The number of nitro groups is 1. The average Bonchev–Trinajstić information content (AvgIpc) is 2.58. The summed E-state index contributed by atoms with van der Waals surface area (Å²) in [7, 11) is 1.51. The maximum atomic E-state index is 13.6. The molecule has 0 aliphatic carbocycles. The normalized spacial score (nSPS) is 11.2. The van der Waals surface area contributed by atoms with E-state index in [0.717, 1.165) is 18.2 Å². The van der Waals surface area contributed by atoms with Gasteiger partial charge in [0.15, 0.2) is 5.96 Å². The molecule has 2 aromatic rings. The van der Waals surface area contributed by atoms with Crippen LogP contribution in [0.25, 0.3) is 0 Å². The molecule has 0 fully saturated rings. The van der Waals surface area contributed by atoms with Crippen molar-refractivity contribution in [1.29, 1.82) is 0 Å². The lowest BCUT2D eigenvalue weighted by molar-refractivity contribution is -0.385. The van der Waals surface area contributed by atoms with Crippen LogP contribution in [0.2, 0.25) is 0 Å². The zero-order valence-corrected chi connectivity index (χ0v) is 12.9. The van der Waals surface area contributed by atoms with E-state index in [9.17, 15) is 18.9 Å². The number of nitrogens with one attached hydrogen (secondary N) is 2. The van der Waals surface area contributed by atoms with Crippen molar-refractivity contribution in [2.45, 2.75) is 13.1 Å². The molecule has 0 atom stereocenters. The van der Waals surface area contributed by atoms with Crippen LogP contribution in [-0.4, -0.2) is 17.9 Å². The van der Waals surface area contributed by atoms with E-state index in [0.29, 0.717) is 11.5 Å². The standard InChI is InChI=1S/C16H16F2N4O2/c1-19-16(21-10-12-8-13(17)6-7-14(12)18)20-9-11-4-2-3-5-15(11)22(23)24/h2-8H,9-10H2,1H3,(H2,19,20,21). The summed E-state index contributed by atoms with van der Waals surface area (Å²) in [6.07, 6.45) is 0. The van der Waals surface area contributed by atoms with Gasteiger partial charge in [-0.15, -0.1) is 0 Å². The summed E-state index contributed by atoms with van der Waals surface area (Å²) in [6.45, 7) is 0.197. The largest absolute Gasteiger partial charge is 0.352 e. The van der Waals surface area contributed by atoms with Gasteiger partial charge in [0.05, 0.1) is 4.92 Å². The van der Waals surface area contributed by atoms with Crippen LogP contribution >= 0.6 is 0 Å². The van der Waals surface area contributed by atoms with Gasteiger partial charge in [-0.25, -0.2) is 8.78 Å². The number of para-hydroxylation sites is 1. The van der Waals surface area contributed by atoms with Crippen LogP contribution in [0, 0.1) is 21.7 Å². The molecule has 0 saturated heterocycles. The fraction of sp³-hybridized carbons (Fsp3) is 0.188. The first-order valence-electron chi connectivity index (χ1n) is 7.12. The van der Waals surface area contributed by atoms with Gasteiger partial charge in [0, 0.05) is 37.3 Å². The summed E-state index contributed by atoms with van der Waals surface area (Å²) < 4.78 is 26.7. The highest BCUT2D eigenvalue weighted by Gasteiger charge is 2.12. The fourth-order valence-electron chi connectivity index (χ4n) is 2.10. The van der Waals surface area contributed by atoms with Crippen LogP contribution in [0.3, 0.4) is 0 Å². The number of rotatable bonds is 5. The predicted molar refractivity (Wildman–Crippen MR) is 86.5 cm³/mol. The molecule has 2 N–H and O–H groups in total. The van der Waals surface area contributed by atoms with Crippen LogP contribution in [-0.2, 0) is 13.1 Å². The number of hydrogen-bond acceptors (Lipinski definition) is 3. The number of nitrogens with zero attached hydrogens (tertiary/aromatic N) is 2. The lowest BCUT2D eigenvalue weighted by Gasteiger charge is -2.12. The zero-order valence-electron chi connectivity index (χ0n) is 12.9. The first-order chi connectivity index (χ1) is 11.5. The molecule has 24 heavy (non-hydrogen) atoms. The smallest absolute Gasteiger partial charge is 0.274 e. The van der Waals surface area contributed by atoms with Crippen LogP contribution in [0.5, 0.6) is 0 Å². The molecule has 2 aromatic carbocycles. The van der Waals surface area contributed by atoms with Crippen molar-refractivity contribution in [2.75, 3.05) is 7.05 Å². The van der Waals surface area contributed by atoms with Crippen LogP contribution in [0.15, 0.2) is 47.5 Å². The Hall–Kier alpha value is -3.03. The van der Waals surface area contributed by atoms with Crippen molar-refractivity contribution in [3.63, 3.8) is 0 Å². The predicted octanol–water partition coefficient (Wildman–Crippen LogP) is 2.74. The van der Waals surface area contributed by atoms with Crippen molar-refractivity contribution in [3.8, 4) is 0 Å². The number of halogens is 2. The summed E-state index contributed by atoms with van der Waals surface area (Å²) in [5.41, 5.74) is 0.641. The molecule has 0 amide bonds. The maximum absolute atomic E-state index is 13.6. The fourth-order valence-corrected chi connectivity index (χ4v) is 2.10. The second-order valence-electron chi connectivity index (χ2n) is 4.90. The van der Waals surface area contributed by atoms with Crippen molar-refractivity contribution in [1.82, 2.24) is 10.6 Å². The average molecular weight is 334 g/mol. The molecular formula is C16H16F2N4O2. The minimum absolute atomic E-state index is 0.00312. The Morgan fingerprint density at radius 1 is 1.12 bits per heavy atom. The Kier molecular flexibility index (Phi) is 5.78. The van der Waals surface area contributed by atoms with E-state index in [1.54, 1.807) is 18.2 Å². The highest BCUT2D eigenvalue weighted by atomic mass is 19.1. The Bertz CT molecular complexity index is 765. The second-order valence-corrected chi connectivity index (χ2v) is 4.90. The number of hydrogen-bond donors (Lipinski definition) is 2. The third-order valence-corrected chi connectivity index (χ3v) is 3.31. The molecule has 6 nitrogen and oxygen atoms in total. The molecular weight excluding hydrogens is 318 g/mol. The van der Waals surface area contributed by atoms with E-state index in [-0.39, 0.29) is 24.3 Å². The van der Waals surface area contributed by atoms with Gasteiger partial charge in [-0.3, -0.25) is 15.1 Å². The van der Waals surface area contributed by atoms with E-state index < -0.39 is 16.6 Å². The van der Waals surface area contributed by atoms with Gasteiger partial charge in [0.1, 0.15) is 11.6 Å². The van der Waals surface area contributed by atoms with Gasteiger partial charge < -0.3 is 10.6 Å².